The molecule has 27 heteroatoms. The van der Waals surface area contributed by atoms with Gasteiger partial charge in [-0.05, 0) is 92.9 Å². The van der Waals surface area contributed by atoms with Gasteiger partial charge in [-0.2, -0.15) is 0 Å². The van der Waals surface area contributed by atoms with Crippen molar-refractivity contribution in [2.75, 3.05) is 72.5 Å². The fourth-order valence-corrected chi connectivity index (χ4v) is 15.7. The third-order valence-corrected chi connectivity index (χ3v) is 23.5. The molecule has 0 bridgehead atoms. The van der Waals surface area contributed by atoms with Gasteiger partial charge in [-0.25, -0.2) is 14.2 Å². The third-order valence-electron chi connectivity index (χ3n) is 21.0. The number of phosphoric acid groups is 1. The summed E-state index contributed by atoms with van der Waals surface area (Å²) in [5, 5.41) is 26.1. The number of amides is 6. The smallest absolute Gasteiger partial charge is 0.462 e. The Balaban J connectivity index is -0.00000208. The second-order valence-corrected chi connectivity index (χ2v) is 38.9. The van der Waals surface area contributed by atoms with Gasteiger partial charge in [-0.1, -0.05) is 336 Å². The number of alkyl carbamates (subject to hydrolysis) is 2. The molecule has 2 unspecified atom stereocenters. The third kappa shape index (κ3) is 91.2. The van der Waals surface area contributed by atoms with Crippen LogP contribution in [-0.2, 0) is 74.9 Å². The van der Waals surface area contributed by atoms with Crippen LogP contribution in [0, 0.1) is 0 Å². The van der Waals surface area contributed by atoms with Gasteiger partial charge in [0.1, 0.15) is 35.5 Å². The fourth-order valence-electron chi connectivity index (χ4n) is 13.8. The Hall–Kier alpha value is -4.74. The number of carbonyl (C=O) groups is 8. The van der Waals surface area contributed by atoms with E-state index in [1.54, 1.807) is 26.8 Å². The Labute approximate surface area is 770 Å². The van der Waals surface area contributed by atoms with Crippen molar-refractivity contribution in [3.05, 3.63) is 25.3 Å². The zero-order chi connectivity index (χ0) is 94.1. The molecular formula is C99H192N6O19P2. The molecule has 0 fully saturated rings. The molecule has 25 nitrogen and oxygen atoms in total. The van der Waals surface area contributed by atoms with Gasteiger partial charge in [-0.15, -0.1) is 13.2 Å². The lowest BCUT2D eigenvalue weighted by atomic mass is 10.1. The molecule has 0 aliphatic rings. The molecule has 0 aromatic heterocycles. The van der Waals surface area contributed by atoms with Crippen LogP contribution in [0.15, 0.2) is 25.3 Å². The highest BCUT2D eigenvalue weighted by Crippen LogP contribution is 2.49. The topological polar surface area (TPSA) is 329 Å². The molecule has 6 amide bonds. The summed E-state index contributed by atoms with van der Waals surface area (Å²) < 4.78 is 62.8. The van der Waals surface area contributed by atoms with Crippen molar-refractivity contribution in [1.82, 2.24) is 31.9 Å². The summed E-state index contributed by atoms with van der Waals surface area (Å²) in [4.78, 5) is 101. The van der Waals surface area contributed by atoms with Crippen molar-refractivity contribution >= 4 is 64.0 Å². The molecule has 0 heterocycles. The summed E-state index contributed by atoms with van der Waals surface area (Å²) in [6.45, 7) is 33.4. The molecule has 0 aromatic rings. The van der Waals surface area contributed by atoms with Gasteiger partial charge >= 0.3 is 31.9 Å². The summed E-state index contributed by atoms with van der Waals surface area (Å²) in [7, 11) is -5.18. The monoisotopic (exact) mass is 1830 g/mol. The van der Waals surface area contributed by atoms with E-state index in [1.807, 2.05) is 27.4 Å². The van der Waals surface area contributed by atoms with E-state index in [2.05, 4.69) is 86.6 Å². The van der Waals surface area contributed by atoms with Crippen molar-refractivity contribution < 1.29 is 89.6 Å². The highest BCUT2D eigenvalue weighted by molar-refractivity contribution is 7.48. The van der Waals surface area contributed by atoms with E-state index in [0.29, 0.717) is 71.2 Å². The molecule has 0 aromatic carbocycles. The number of ether oxygens (including phenoxy) is 4. The van der Waals surface area contributed by atoms with Crippen molar-refractivity contribution in [1.29, 1.82) is 0 Å². The first-order valence-corrected chi connectivity index (χ1v) is 53.5. The number of esters is 2. The van der Waals surface area contributed by atoms with Gasteiger partial charge in [0, 0.05) is 71.4 Å². The Morgan fingerprint density at radius 2 is 0.659 bits per heavy atom. The quantitative estimate of drug-likeness (QED) is 0.00978. The first-order chi connectivity index (χ1) is 60.6. The zero-order valence-corrected chi connectivity index (χ0v) is 84.4. The van der Waals surface area contributed by atoms with Crippen LogP contribution in [-0.4, -0.2) is 161 Å². The summed E-state index contributed by atoms with van der Waals surface area (Å²) >= 11 is 0. The maximum Gasteiger partial charge on any atom is 0.475 e. The normalized spacial score (nSPS) is 13.0. The van der Waals surface area contributed by atoms with Crippen LogP contribution in [0.4, 0.5) is 9.59 Å². The first-order valence-electron chi connectivity index (χ1n) is 50.4. The van der Waals surface area contributed by atoms with Crippen molar-refractivity contribution in [3.63, 3.8) is 0 Å². The van der Waals surface area contributed by atoms with Gasteiger partial charge in [0.15, 0.2) is 8.38 Å². The van der Waals surface area contributed by atoms with Crippen LogP contribution >= 0.6 is 16.2 Å². The minimum absolute atomic E-state index is 0.0527. The van der Waals surface area contributed by atoms with E-state index in [4.69, 9.17) is 41.6 Å². The van der Waals surface area contributed by atoms with Crippen LogP contribution in [0.25, 0.3) is 0 Å². The molecule has 0 aliphatic heterocycles. The van der Waals surface area contributed by atoms with Crippen LogP contribution in [0.2, 0.25) is 0 Å². The molecule has 0 aliphatic carbocycles. The zero-order valence-electron chi connectivity index (χ0n) is 82.7. The fraction of sp³-hybridized carbons (Fsp3) is 0.879. The van der Waals surface area contributed by atoms with E-state index in [0.717, 1.165) is 122 Å². The number of aliphatic hydroxyl groups excluding tert-OH is 1. The summed E-state index contributed by atoms with van der Waals surface area (Å²) in [6.07, 6.45) is 63.7. The van der Waals surface area contributed by atoms with Crippen LogP contribution in [0.5, 0.6) is 0 Å². The molecule has 126 heavy (non-hydrogen) atoms. The lowest BCUT2D eigenvalue weighted by molar-refractivity contribution is -0.151. The molecule has 0 radical (unpaired) electrons. The number of nitrogens with one attached hydrogen (secondary N) is 6. The average Bonchev–Trinajstić information content (AvgIpc) is 0.871. The van der Waals surface area contributed by atoms with Crippen molar-refractivity contribution in [2.24, 2.45) is 0 Å². The number of phosphoric ester groups is 1. The largest absolute Gasteiger partial charge is 0.475 e. The van der Waals surface area contributed by atoms with Gasteiger partial charge in [0.2, 0.25) is 23.6 Å². The number of rotatable bonds is 86. The van der Waals surface area contributed by atoms with Crippen LogP contribution in [0.3, 0.4) is 0 Å². The maximum absolute atomic E-state index is 13.7. The van der Waals surface area contributed by atoms with E-state index >= 15 is 0 Å². The molecule has 6 atom stereocenters. The Morgan fingerprint density at radius 1 is 0.357 bits per heavy atom. The minimum atomic E-state index is -4.27. The van der Waals surface area contributed by atoms with Crippen molar-refractivity contribution in [2.45, 2.75) is 491 Å². The second-order valence-electron chi connectivity index (χ2n) is 35.8. The minimum Gasteiger partial charge on any atom is -0.462 e. The molecule has 742 valence electrons. The van der Waals surface area contributed by atoms with Crippen LogP contribution in [0.1, 0.15) is 455 Å². The number of carbonyl (C=O) groups excluding carboxylic acids is 8. The first kappa shape index (κ1) is 125. The second kappa shape index (κ2) is 90.8. The van der Waals surface area contributed by atoms with Crippen molar-refractivity contribution in [3.8, 4) is 0 Å². The van der Waals surface area contributed by atoms with E-state index < -0.39 is 76.7 Å². The Bertz CT molecular complexity index is 2650. The number of unbranched alkanes of at least 4 members (excludes halogenated alkanes) is 44. The van der Waals surface area contributed by atoms with Crippen LogP contribution < -0.4 is 31.9 Å². The maximum atomic E-state index is 13.7. The van der Waals surface area contributed by atoms with Gasteiger partial charge in [0.05, 0.1) is 39.6 Å². The molecule has 0 saturated carbocycles. The predicted octanol–water partition coefficient (Wildman–Crippen LogP) is 25.3. The number of aliphatic hydroxyl groups is 1. The van der Waals surface area contributed by atoms with Gasteiger partial charge < -0.3 is 65.0 Å². The molecule has 0 saturated heterocycles. The summed E-state index contributed by atoms with van der Waals surface area (Å²) in [5.41, 5.74) is -1.18. The number of hydrogen-bond donors (Lipinski definition) is 7. The Kier molecular flexibility index (Phi) is 90.4. The standard InChI is InChI=1S/C49H94N3O10P.C39H76N2O5.C11H22NO4P/c1-8-12-15-18-20-22-23-25-26-29-32-35-45(53)52-44(42-60-63(57,58-40-11-4)59-41-39-51-48(56)62-49(5,6)7)47(55)50-38-37-43(34-31-28-17-14-10-3)61-46(54)36-33-30-27-24-21-19-16-13-9-2;1-4-7-10-13-15-17-18-20-21-24-27-30-37(43)41-36(34-42)39(45)40-33-32-35(29-26-23-12-9-6-3)46-38(44)31-28-25-22-19-16-14-11-8-5-2;1-6-8-14-17(5)15-9-7-12-10(13)16-11(2,3)4/h11,43-44H,4,8-10,12-42H2,1-3,5-7H3,(H,50,55)(H,51,56)(H,52,53);35-36,42H,4-34H2,1-3H3,(H,40,45)(H,41,43);6H,1,7-9H2,2-5H3,(H,12,13)/t43-,44+,63?;35-,36+;/m11./s1. The number of hydrogen-bond acceptors (Lipinski definition) is 19. The SMILES string of the molecule is C=CCOP(=O)(OCCNC(=O)OC(C)(C)C)OC[C@H](NC(=O)CCCCCCCCCCCCC)C(=O)NCC[C@@H](CCCCCCC)OC(=O)CCCCCCCCCCC.C=CCOP(C)OCCNC(=O)OC(C)(C)C.CCCCCCCCCCCCCC(=O)N[C@@H](CO)C(=O)NCC[C@@H](CCCCCCC)OC(=O)CCCCCCCCCCC. The molecule has 0 rings (SSSR count). The Morgan fingerprint density at radius 3 is 0.984 bits per heavy atom. The lowest BCUT2D eigenvalue weighted by Crippen LogP contribution is -2.49. The van der Waals surface area contributed by atoms with E-state index in [9.17, 15) is 48.0 Å². The van der Waals surface area contributed by atoms with Gasteiger partial charge in [-0.3, -0.25) is 42.3 Å². The molecule has 0 spiro atoms. The molecular weight excluding hydrogens is 1640 g/mol. The highest BCUT2D eigenvalue weighted by Gasteiger charge is 2.32. The van der Waals surface area contributed by atoms with E-state index in [1.165, 1.54) is 205 Å². The van der Waals surface area contributed by atoms with Gasteiger partial charge in [0.25, 0.3) is 0 Å². The predicted molar refractivity (Wildman–Crippen MR) is 518 cm³/mol. The van der Waals surface area contributed by atoms with E-state index in [-0.39, 0.29) is 68.7 Å². The lowest BCUT2D eigenvalue weighted by Gasteiger charge is -2.23. The average molecular weight is 1830 g/mol. The molecule has 7 N–H and O–H groups in total. The highest BCUT2D eigenvalue weighted by atomic mass is 31.2. The summed E-state index contributed by atoms with van der Waals surface area (Å²) in [5.74, 6) is -1.80. The summed E-state index contributed by atoms with van der Waals surface area (Å²) in [6, 6.07) is -2.17.